The molecule has 104 valence electrons. The largest absolute Gasteiger partial charge is 0.289 e. The zero-order chi connectivity index (χ0) is 15.0. The topological polar surface area (TPSA) is 17.1 Å². The van der Waals surface area contributed by atoms with Crippen LogP contribution in [0.1, 0.15) is 17.5 Å². The molecule has 1 nitrogen and oxygen atoms in total. The summed E-state index contributed by atoms with van der Waals surface area (Å²) in [4.78, 5) is 12.4. The van der Waals surface area contributed by atoms with Crippen LogP contribution in [0.15, 0.2) is 60.7 Å². The Balaban J connectivity index is 2.19. The molecule has 0 aromatic heterocycles. The smallest absolute Gasteiger partial charge is 0.189 e. The molecule has 0 spiro atoms. The van der Waals surface area contributed by atoms with E-state index in [1.807, 2.05) is 12.1 Å². The van der Waals surface area contributed by atoms with Crippen LogP contribution in [0.4, 0.5) is 4.39 Å². The Morgan fingerprint density at radius 2 is 1.76 bits per heavy atom. The molecule has 0 aliphatic heterocycles. The summed E-state index contributed by atoms with van der Waals surface area (Å²) in [5.41, 5.74) is 3.42. The Morgan fingerprint density at radius 3 is 2.43 bits per heavy atom. The Bertz CT molecular complexity index is 772. The minimum Gasteiger partial charge on any atom is -0.289 e. The molecule has 1 aliphatic carbocycles. The third-order valence-electron chi connectivity index (χ3n) is 3.55. The number of ketones is 1. The fraction of sp³-hybridized carbons (Fsp3) is 0.0556. The SMILES string of the molecule is C=C1CC(c2ccc(Cl)cc2)=C(c2cccc(F)c2)C1=O. The molecular formula is C18H12ClFO. The van der Waals surface area contributed by atoms with Crippen molar-refractivity contribution in [2.75, 3.05) is 0 Å². The highest BCUT2D eigenvalue weighted by Gasteiger charge is 2.28. The van der Waals surface area contributed by atoms with Crippen molar-refractivity contribution in [1.82, 2.24) is 0 Å². The number of carbonyl (C=O) groups is 1. The van der Waals surface area contributed by atoms with Gasteiger partial charge in [0.05, 0.1) is 0 Å². The van der Waals surface area contributed by atoms with E-state index < -0.39 is 0 Å². The fourth-order valence-electron chi connectivity index (χ4n) is 2.54. The van der Waals surface area contributed by atoms with Gasteiger partial charge in [-0.05, 0) is 46.5 Å². The molecule has 0 atom stereocenters. The maximum atomic E-state index is 13.5. The van der Waals surface area contributed by atoms with Crippen LogP contribution >= 0.6 is 11.6 Å². The maximum Gasteiger partial charge on any atom is 0.189 e. The van der Waals surface area contributed by atoms with Crippen molar-refractivity contribution in [3.05, 3.63) is 82.6 Å². The minimum atomic E-state index is -0.360. The quantitative estimate of drug-likeness (QED) is 0.719. The molecule has 0 saturated carbocycles. The van der Waals surface area contributed by atoms with E-state index in [-0.39, 0.29) is 11.6 Å². The molecule has 0 radical (unpaired) electrons. The molecule has 0 heterocycles. The summed E-state index contributed by atoms with van der Waals surface area (Å²) in [6.07, 6.45) is 0.478. The number of hydrogen-bond acceptors (Lipinski definition) is 1. The van der Waals surface area contributed by atoms with Gasteiger partial charge in [0.15, 0.2) is 5.78 Å². The van der Waals surface area contributed by atoms with Crippen LogP contribution in [0, 0.1) is 5.82 Å². The van der Waals surface area contributed by atoms with Crippen LogP contribution in [0.25, 0.3) is 11.1 Å². The summed E-state index contributed by atoms with van der Waals surface area (Å²) in [7, 11) is 0. The van der Waals surface area contributed by atoms with Gasteiger partial charge in [-0.1, -0.05) is 42.4 Å². The molecule has 3 heteroatoms. The van der Waals surface area contributed by atoms with Gasteiger partial charge in [0.2, 0.25) is 0 Å². The van der Waals surface area contributed by atoms with E-state index in [1.165, 1.54) is 12.1 Å². The number of allylic oxidation sites excluding steroid dienone is 3. The summed E-state index contributed by atoms with van der Waals surface area (Å²) in [6, 6.07) is 13.4. The lowest BCUT2D eigenvalue weighted by molar-refractivity contribution is -0.110. The summed E-state index contributed by atoms with van der Waals surface area (Å²) in [5, 5.41) is 0.634. The zero-order valence-electron chi connectivity index (χ0n) is 11.2. The second-order valence-corrected chi connectivity index (χ2v) is 5.42. The zero-order valence-corrected chi connectivity index (χ0v) is 12.0. The van der Waals surface area contributed by atoms with Crippen molar-refractivity contribution in [2.24, 2.45) is 0 Å². The molecule has 0 N–H and O–H groups in total. The van der Waals surface area contributed by atoms with Crippen LogP contribution in [-0.2, 0) is 4.79 Å². The summed E-state index contributed by atoms with van der Waals surface area (Å²) < 4.78 is 13.5. The maximum absolute atomic E-state index is 13.5. The van der Waals surface area contributed by atoms with Crippen molar-refractivity contribution in [3.63, 3.8) is 0 Å². The molecular weight excluding hydrogens is 287 g/mol. The van der Waals surface area contributed by atoms with Crippen LogP contribution in [0.3, 0.4) is 0 Å². The number of halogens is 2. The van der Waals surface area contributed by atoms with E-state index >= 15 is 0 Å². The van der Waals surface area contributed by atoms with E-state index in [1.54, 1.807) is 24.3 Å². The molecule has 0 amide bonds. The van der Waals surface area contributed by atoms with E-state index in [0.717, 1.165) is 11.1 Å². The highest BCUT2D eigenvalue weighted by molar-refractivity contribution is 6.38. The lowest BCUT2D eigenvalue weighted by Crippen LogP contribution is -1.98. The van der Waals surface area contributed by atoms with Gasteiger partial charge in [0, 0.05) is 17.0 Å². The van der Waals surface area contributed by atoms with Gasteiger partial charge in [-0.25, -0.2) is 4.39 Å². The number of carbonyl (C=O) groups excluding carboxylic acids is 1. The third-order valence-corrected chi connectivity index (χ3v) is 3.80. The van der Waals surface area contributed by atoms with Gasteiger partial charge in [-0.2, -0.15) is 0 Å². The molecule has 21 heavy (non-hydrogen) atoms. The van der Waals surface area contributed by atoms with Crippen molar-refractivity contribution in [2.45, 2.75) is 6.42 Å². The lowest BCUT2D eigenvalue weighted by atomic mass is 9.97. The van der Waals surface area contributed by atoms with Crippen LogP contribution in [0.5, 0.6) is 0 Å². The van der Waals surface area contributed by atoms with Crippen LogP contribution in [0.2, 0.25) is 5.02 Å². The second-order valence-electron chi connectivity index (χ2n) is 4.98. The normalized spacial score (nSPS) is 15.0. The van der Waals surface area contributed by atoms with Crippen LogP contribution < -0.4 is 0 Å². The molecule has 0 fully saturated rings. The minimum absolute atomic E-state index is 0.120. The monoisotopic (exact) mass is 298 g/mol. The Labute approximate surface area is 127 Å². The lowest BCUT2D eigenvalue weighted by Gasteiger charge is -2.07. The predicted octanol–water partition coefficient (Wildman–Crippen LogP) is 4.92. The van der Waals surface area contributed by atoms with E-state index in [0.29, 0.717) is 28.2 Å². The Hall–Kier alpha value is -2.19. The van der Waals surface area contributed by atoms with Crippen molar-refractivity contribution in [3.8, 4) is 0 Å². The first-order chi connectivity index (χ1) is 10.1. The molecule has 2 aromatic rings. The van der Waals surface area contributed by atoms with Gasteiger partial charge in [0.25, 0.3) is 0 Å². The van der Waals surface area contributed by atoms with Gasteiger partial charge in [-0.3, -0.25) is 4.79 Å². The van der Waals surface area contributed by atoms with Crippen molar-refractivity contribution in [1.29, 1.82) is 0 Å². The van der Waals surface area contributed by atoms with Gasteiger partial charge < -0.3 is 0 Å². The van der Waals surface area contributed by atoms with E-state index in [2.05, 4.69) is 6.58 Å². The first-order valence-corrected chi connectivity index (χ1v) is 6.91. The molecule has 0 unspecified atom stereocenters. The summed E-state index contributed by atoms with van der Waals surface area (Å²) in [6.45, 7) is 3.82. The standard InChI is InChI=1S/C18H12ClFO/c1-11-9-16(12-5-7-14(19)8-6-12)17(18(11)21)13-3-2-4-15(20)10-13/h2-8,10H,1,9H2. The second kappa shape index (κ2) is 5.30. The molecule has 1 aliphatic rings. The number of benzene rings is 2. The molecule has 0 bridgehead atoms. The van der Waals surface area contributed by atoms with Crippen molar-refractivity contribution < 1.29 is 9.18 Å². The first kappa shape index (κ1) is 13.8. The summed E-state index contributed by atoms with van der Waals surface area (Å²) >= 11 is 5.90. The molecule has 2 aromatic carbocycles. The summed E-state index contributed by atoms with van der Waals surface area (Å²) in [5.74, 6) is -0.480. The van der Waals surface area contributed by atoms with E-state index in [9.17, 15) is 9.18 Å². The average Bonchev–Trinajstić information content (AvgIpc) is 2.76. The average molecular weight is 299 g/mol. The Kier molecular flexibility index (Phi) is 3.48. The molecule has 0 saturated heterocycles. The van der Waals surface area contributed by atoms with Gasteiger partial charge >= 0.3 is 0 Å². The van der Waals surface area contributed by atoms with Crippen LogP contribution in [-0.4, -0.2) is 5.78 Å². The van der Waals surface area contributed by atoms with Gasteiger partial charge in [-0.15, -0.1) is 0 Å². The third kappa shape index (κ3) is 2.55. The highest BCUT2D eigenvalue weighted by Crippen LogP contribution is 2.40. The fourth-order valence-corrected chi connectivity index (χ4v) is 2.67. The number of Topliss-reactive ketones (excluding diaryl/α,β-unsaturated/α-hetero) is 1. The first-order valence-electron chi connectivity index (χ1n) is 6.54. The number of rotatable bonds is 2. The number of hydrogen-bond donors (Lipinski definition) is 0. The highest BCUT2D eigenvalue weighted by atomic mass is 35.5. The van der Waals surface area contributed by atoms with E-state index in [4.69, 9.17) is 11.6 Å². The predicted molar refractivity (Wildman–Crippen MR) is 83.4 cm³/mol. The molecule has 3 rings (SSSR count). The van der Waals surface area contributed by atoms with Crippen molar-refractivity contribution >= 4 is 28.5 Å². The Morgan fingerprint density at radius 1 is 1.05 bits per heavy atom. The van der Waals surface area contributed by atoms with Gasteiger partial charge in [0.1, 0.15) is 5.82 Å².